The number of amidine groups is 1. The highest BCUT2D eigenvalue weighted by atomic mass is 79.9. The fourth-order valence-corrected chi connectivity index (χ4v) is 5.39. The van der Waals surface area contributed by atoms with Gasteiger partial charge in [-0.15, -0.1) is 5.10 Å². The van der Waals surface area contributed by atoms with E-state index in [1.165, 1.54) is 47.7 Å². The van der Waals surface area contributed by atoms with Crippen LogP contribution in [0.15, 0.2) is 103 Å². The number of rotatable bonds is 11. The van der Waals surface area contributed by atoms with Gasteiger partial charge in [0.2, 0.25) is 0 Å². The van der Waals surface area contributed by atoms with Gasteiger partial charge >= 0.3 is 0 Å². The van der Waals surface area contributed by atoms with Crippen molar-refractivity contribution in [2.45, 2.75) is 13.5 Å². The van der Waals surface area contributed by atoms with Gasteiger partial charge in [-0.3, -0.25) is 14.5 Å². The molecule has 1 saturated heterocycles. The van der Waals surface area contributed by atoms with Crippen molar-refractivity contribution >= 4 is 62.7 Å². The zero-order valence-corrected chi connectivity index (χ0v) is 26.2. The zero-order valence-electron chi connectivity index (χ0n) is 23.8. The summed E-state index contributed by atoms with van der Waals surface area (Å²) >= 11 is 4.57. The predicted octanol–water partition coefficient (Wildman–Crippen LogP) is 6.81. The first-order chi connectivity index (χ1) is 21.8. The number of hydrogen-bond donors (Lipinski definition) is 2. The predicted molar refractivity (Wildman–Crippen MR) is 174 cm³/mol. The Labute approximate surface area is 270 Å². The fraction of sp³-hybridized carbons (Fsp3) is 0.125. The van der Waals surface area contributed by atoms with E-state index in [0.717, 1.165) is 16.2 Å². The summed E-state index contributed by atoms with van der Waals surface area (Å²) < 4.78 is 30.6. The van der Waals surface area contributed by atoms with Gasteiger partial charge in [-0.2, -0.15) is 5.10 Å². The number of aromatic hydroxyl groups is 1. The number of ether oxygens (including phenoxy) is 2. The molecule has 13 heteroatoms. The molecule has 2 heterocycles. The lowest BCUT2D eigenvalue weighted by Crippen LogP contribution is -2.28. The molecule has 0 aliphatic carbocycles. The van der Waals surface area contributed by atoms with Crippen LogP contribution in [0.2, 0.25) is 0 Å². The number of furan rings is 1. The molecule has 45 heavy (non-hydrogen) atoms. The third-order valence-electron chi connectivity index (χ3n) is 6.16. The van der Waals surface area contributed by atoms with E-state index in [0.29, 0.717) is 50.8 Å². The Hall–Kier alpha value is -4.88. The van der Waals surface area contributed by atoms with E-state index in [9.17, 15) is 19.1 Å². The molecule has 2 amide bonds. The Morgan fingerprint density at radius 3 is 2.69 bits per heavy atom. The minimum atomic E-state index is -0.437. The van der Waals surface area contributed by atoms with Crippen LogP contribution >= 0.6 is 27.7 Å². The number of thioether (sulfide) groups is 1. The number of nitrogens with zero attached hydrogens (tertiary/aromatic N) is 3. The molecule has 230 valence electrons. The lowest BCUT2D eigenvalue weighted by molar-refractivity contribution is -0.122. The summed E-state index contributed by atoms with van der Waals surface area (Å²) in [5, 5.41) is 21.4. The van der Waals surface area contributed by atoms with Crippen molar-refractivity contribution in [2.24, 2.45) is 10.2 Å². The van der Waals surface area contributed by atoms with Crippen molar-refractivity contribution in [1.29, 1.82) is 0 Å². The van der Waals surface area contributed by atoms with E-state index in [4.69, 9.17) is 13.9 Å². The molecule has 10 nitrogen and oxygen atoms in total. The molecule has 0 atom stereocenters. The molecule has 2 N–H and O–H groups in total. The van der Waals surface area contributed by atoms with Crippen molar-refractivity contribution in [3.63, 3.8) is 0 Å². The molecule has 0 saturated carbocycles. The van der Waals surface area contributed by atoms with Gasteiger partial charge in [0.1, 0.15) is 17.3 Å². The van der Waals surface area contributed by atoms with E-state index >= 15 is 0 Å². The van der Waals surface area contributed by atoms with Gasteiger partial charge in [-0.1, -0.05) is 15.9 Å². The zero-order chi connectivity index (χ0) is 31.8. The summed E-state index contributed by atoms with van der Waals surface area (Å²) in [4.78, 5) is 27.9. The van der Waals surface area contributed by atoms with E-state index in [2.05, 4.69) is 31.4 Å². The number of benzene rings is 3. The largest absolute Gasteiger partial charge is 0.504 e. The third kappa shape index (κ3) is 8.40. The second-order valence-corrected chi connectivity index (χ2v) is 11.3. The summed E-state index contributed by atoms with van der Waals surface area (Å²) in [6.45, 7) is 2.02. The minimum Gasteiger partial charge on any atom is -0.504 e. The van der Waals surface area contributed by atoms with Crippen LogP contribution in [0.1, 0.15) is 23.8 Å². The number of hydrogen-bond acceptors (Lipinski definition) is 9. The van der Waals surface area contributed by atoms with Gasteiger partial charge in [0.15, 0.2) is 23.3 Å². The van der Waals surface area contributed by atoms with Crippen molar-refractivity contribution in [1.82, 2.24) is 4.90 Å². The quantitative estimate of drug-likeness (QED) is 0.100. The van der Waals surface area contributed by atoms with Crippen LogP contribution < -0.4 is 14.8 Å². The average Bonchev–Trinajstić information content (AvgIpc) is 3.64. The van der Waals surface area contributed by atoms with Crippen LogP contribution in [0.4, 0.5) is 10.1 Å². The summed E-state index contributed by atoms with van der Waals surface area (Å²) in [5.41, 5.74) is 1.62. The summed E-state index contributed by atoms with van der Waals surface area (Å²) in [5.74, 6) is 0.0895. The number of nitrogens with one attached hydrogen (secondary N) is 1. The molecule has 1 aliphatic heterocycles. The summed E-state index contributed by atoms with van der Waals surface area (Å²) in [6.07, 6.45) is 4.66. The second-order valence-electron chi connectivity index (χ2n) is 9.39. The molecule has 0 radical (unpaired) electrons. The first-order valence-electron chi connectivity index (χ1n) is 13.6. The van der Waals surface area contributed by atoms with Crippen LogP contribution in [0, 0.1) is 5.82 Å². The SMILES string of the molecule is CCOc1cc(/C=N/N=C2\S/C(=C\c3cc(Br)ccc3OCC(=O)Nc3ccc(F)cc3)C(=O)N2Cc2ccco2)ccc1O. The average molecular weight is 694 g/mol. The summed E-state index contributed by atoms with van der Waals surface area (Å²) in [7, 11) is 0. The van der Waals surface area contributed by atoms with Crippen LogP contribution in [0.5, 0.6) is 17.2 Å². The van der Waals surface area contributed by atoms with Gasteiger partial charge in [0.05, 0.1) is 30.5 Å². The highest BCUT2D eigenvalue weighted by Crippen LogP contribution is 2.36. The number of halogens is 2. The van der Waals surface area contributed by atoms with E-state index in [-0.39, 0.29) is 24.8 Å². The van der Waals surface area contributed by atoms with Crippen molar-refractivity contribution in [3.05, 3.63) is 111 Å². The number of phenols is 1. The van der Waals surface area contributed by atoms with Crippen molar-refractivity contribution < 1.29 is 33.0 Å². The van der Waals surface area contributed by atoms with Crippen LogP contribution in [-0.2, 0) is 16.1 Å². The maximum absolute atomic E-state index is 13.6. The molecule has 1 aliphatic rings. The smallest absolute Gasteiger partial charge is 0.267 e. The standard InChI is InChI=1S/C32H26BrFN4O6S/c1-2-42-28-14-20(5-11-26(28)39)17-35-37-32-38(18-25-4-3-13-43-25)31(41)29(45-32)16-21-15-22(33)6-12-27(21)44-19-30(40)36-24-9-7-23(34)8-10-24/h3-17,39H,2,18-19H2,1H3,(H,36,40)/b29-16-,35-17+,37-32-. The molecule has 1 aromatic heterocycles. The fourth-order valence-electron chi connectivity index (χ4n) is 4.09. The molecular weight excluding hydrogens is 667 g/mol. The number of carbonyl (C=O) groups excluding carboxylic acids is 2. The van der Waals surface area contributed by atoms with Gasteiger partial charge in [0.25, 0.3) is 11.8 Å². The Morgan fingerprint density at radius 1 is 1.11 bits per heavy atom. The second kappa shape index (κ2) is 14.7. The highest BCUT2D eigenvalue weighted by molar-refractivity contribution is 9.10. The maximum Gasteiger partial charge on any atom is 0.267 e. The topological polar surface area (TPSA) is 126 Å². The van der Waals surface area contributed by atoms with E-state index in [1.807, 2.05) is 6.92 Å². The Bertz CT molecular complexity index is 1780. The Kier molecular flexibility index (Phi) is 10.3. The first kappa shape index (κ1) is 31.5. The van der Waals surface area contributed by atoms with Crippen LogP contribution in [0.25, 0.3) is 6.08 Å². The maximum atomic E-state index is 13.6. The molecule has 0 unspecified atom stereocenters. The molecule has 0 bridgehead atoms. The van der Waals surface area contributed by atoms with E-state index in [1.54, 1.807) is 48.5 Å². The number of amides is 2. The van der Waals surface area contributed by atoms with Gasteiger partial charge in [-0.25, -0.2) is 4.39 Å². The molecule has 4 aromatic rings. The number of carbonyl (C=O) groups is 2. The monoisotopic (exact) mass is 692 g/mol. The Morgan fingerprint density at radius 2 is 1.93 bits per heavy atom. The van der Waals surface area contributed by atoms with Crippen LogP contribution in [0.3, 0.4) is 0 Å². The highest BCUT2D eigenvalue weighted by Gasteiger charge is 2.34. The molecular formula is C32H26BrFN4O6S. The minimum absolute atomic E-state index is 0.0149. The van der Waals surface area contributed by atoms with Crippen LogP contribution in [-0.4, -0.2) is 46.4 Å². The molecule has 5 rings (SSSR count). The first-order valence-corrected chi connectivity index (χ1v) is 15.2. The lowest BCUT2D eigenvalue weighted by atomic mass is 10.2. The van der Waals surface area contributed by atoms with Gasteiger partial charge < -0.3 is 24.3 Å². The van der Waals surface area contributed by atoms with Gasteiger partial charge in [0, 0.05) is 15.7 Å². The lowest BCUT2D eigenvalue weighted by Gasteiger charge is -2.13. The third-order valence-corrected chi connectivity index (χ3v) is 7.65. The molecule has 3 aromatic carbocycles. The number of anilines is 1. The molecule has 1 fully saturated rings. The van der Waals surface area contributed by atoms with Crippen molar-refractivity contribution in [3.8, 4) is 17.2 Å². The number of phenolic OH excluding ortho intramolecular Hbond substituents is 1. The molecule has 0 spiro atoms. The van der Waals surface area contributed by atoms with Gasteiger partial charge in [-0.05, 0) is 103 Å². The van der Waals surface area contributed by atoms with Crippen molar-refractivity contribution in [2.75, 3.05) is 18.5 Å². The van der Waals surface area contributed by atoms with E-state index < -0.39 is 11.7 Å². The summed E-state index contributed by atoms with van der Waals surface area (Å²) in [6, 6.07) is 18.9. The Balaban J connectivity index is 1.37. The normalized spacial score (nSPS) is 14.9.